The average molecular weight is 405 g/mol. The van der Waals surface area contributed by atoms with Crippen molar-refractivity contribution in [2.45, 2.75) is 13.2 Å². The largest absolute Gasteiger partial charge is 0.493 e. The zero-order valence-corrected chi connectivity index (χ0v) is 15.1. The van der Waals surface area contributed by atoms with E-state index in [4.69, 9.17) is 15.2 Å². The molecule has 0 aliphatic carbocycles. The van der Waals surface area contributed by atoms with Gasteiger partial charge in [0.25, 0.3) is 5.95 Å². The highest BCUT2D eigenvalue weighted by atomic mass is 79.9. The lowest BCUT2D eigenvalue weighted by Crippen LogP contribution is -2.18. The van der Waals surface area contributed by atoms with E-state index in [1.807, 2.05) is 42.5 Å². The number of hydrogen-bond donors (Lipinski definition) is 2. The number of tetrazole rings is 1. The molecule has 0 amide bonds. The van der Waals surface area contributed by atoms with E-state index >= 15 is 0 Å². The lowest BCUT2D eigenvalue weighted by Gasteiger charge is -2.14. The third kappa shape index (κ3) is 4.18. The molecular formula is C16H17BrN6O2. The topological polar surface area (TPSA) is 100 Å². The van der Waals surface area contributed by atoms with Crippen molar-refractivity contribution in [2.24, 2.45) is 0 Å². The molecule has 1 aromatic heterocycles. The van der Waals surface area contributed by atoms with Crippen molar-refractivity contribution in [3.05, 3.63) is 58.1 Å². The van der Waals surface area contributed by atoms with Gasteiger partial charge in [-0.05, 0) is 33.7 Å². The van der Waals surface area contributed by atoms with Gasteiger partial charge in [-0.3, -0.25) is 0 Å². The Bertz CT molecular complexity index is 840. The monoisotopic (exact) mass is 404 g/mol. The van der Waals surface area contributed by atoms with E-state index in [1.165, 1.54) is 4.79 Å². The molecule has 25 heavy (non-hydrogen) atoms. The van der Waals surface area contributed by atoms with Crippen LogP contribution in [-0.4, -0.2) is 27.4 Å². The number of ether oxygens (including phenoxy) is 2. The van der Waals surface area contributed by atoms with Gasteiger partial charge < -0.3 is 20.6 Å². The van der Waals surface area contributed by atoms with Gasteiger partial charge >= 0.3 is 0 Å². The third-order valence-corrected chi connectivity index (χ3v) is 4.22. The third-order valence-electron chi connectivity index (χ3n) is 3.48. The first-order valence-electron chi connectivity index (χ1n) is 7.48. The van der Waals surface area contributed by atoms with Crippen molar-refractivity contribution in [1.29, 1.82) is 0 Å². The van der Waals surface area contributed by atoms with E-state index in [0.717, 1.165) is 15.6 Å². The van der Waals surface area contributed by atoms with Crippen LogP contribution in [0.2, 0.25) is 0 Å². The zero-order chi connectivity index (χ0) is 17.6. The van der Waals surface area contributed by atoms with Gasteiger partial charge in [0, 0.05) is 4.47 Å². The second-order valence-corrected chi connectivity index (χ2v) is 6.01. The van der Waals surface area contributed by atoms with E-state index in [-0.39, 0.29) is 5.95 Å². The Hall–Kier alpha value is -2.81. The first-order chi connectivity index (χ1) is 12.2. The molecule has 0 saturated carbocycles. The maximum Gasteiger partial charge on any atom is 0.260 e. The van der Waals surface area contributed by atoms with Crippen LogP contribution in [-0.2, 0) is 13.2 Å². The molecule has 1 heterocycles. The maximum absolute atomic E-state index is 5.89. The highest BCUT2D eigenvalue weighted by Gasteiger charge is 2.11. The van der Waals surface area contributed by atoms with Crippen molar-refractivity contribution in [3.8, 4) is 11.5 Å². The predicted octanol–water partition coefficient (Wildman–Crippen LogP) is 2.35. The molecule has 0 unspecified atom stereocenters. The number of nitrogens with two attached hydrogens (primary N) is 1. The molecule has 0 bridgehead atoms. The Morgan fingerprint density at radius 2 is 2.00 bits per heavy atom. The van der Waals surface area contributed by atoms with Crippen molar-refractivity contribution in [3.63, 3.8) is 0 Å². The molecule has 0 aliphatic rings. The van der Waals surface area contributed by atoms with Gasteiger partial charge in [0.1, 0.15) is 6.61 Å². The number of nitrogen functional groups attached to an aromatic ring is 1. The van der Waals surface area contributed by atoms with Crippen molar-refractivity contribution >= 4 is 21.9 Å². The van der Waals surface area contributed by atoms with E-state index in [2.05, 4.69) is 36.9 Å². The summed E-state index contributed by atoms with van der Waals surface area (Å²) in [6.07, 6.45) is 0. The normalized spacial score (nSPS) is 10.5. The summed E-state index contributed by atoms with van der Waals surface area (Å²) in [5, 5.41) is 10.8. The molecule has 0 atom stereocenters. The summed E-state index contributed by atoms with van der Waals surface area (Å²) < 4.78 is 12.2. The second kappa shape index (κ2) is 7.84. The quantitative estimate of drug-likeness (QED) is 0.623. The molecule has 0 spiro atoms. The molecule has 130 valence electrons. The molecule has 3 aromatic rings. The summed E-state index contributed by atoms with van der Waals surface area (Å²) in [5.74, 6) is 1.48. The number of hydrogen-bond acceptors (Lipinski definition) is 7. The molecular weight excluding hydrogens is 388 g/mol. The summed E-state index contributed by atoms with van der Waals surface area (Å²) in [4.78, 5) is 1.30. The number of benzene rings is 2. The van der Waals surface area contributed by atoms with Crippen molar-refractivity contribution < 1.29 is 9.47 Å². The number of methoxy groups -OCH3 is 1. The minimum atomic E-state index is 0.186. The summed E-state index contributed by atoms with van der Waals surface area (Å²) in [7, 11) is 1.61. The Morgan fingerprint density at radius 3 is 2.68 bits per heavy atom. The molecule has 0 fully saturated rings. The lowest BCUT2D eigenvalue weighted by molar-refractivity contribution is 0.284. The fourth-order valence-electron chi connectivity index (χ4n) is 2.19. The van der Waals surface area contributed by atoms with Gasteiger partial charge in [0.15, 0.2) is 11.5 Å². The van der Waals surface area contributed by atoms with Crippen molar-refractivity contribution in [2.75, 3.05) is 18.3 Å². The maximum atomic E-state index is 5.89. The summed E-state index contributed by atoms with van der Waals surface area (Å²) >= 11 is 3.55. The Balaban J connectivity index is 1.72. The van der Waals surface area contributed by atoms with Crippen LogP contribution in [0.1, 0.15) is 11.1 Å². The molecule has 0 aliphatic heterocycles. The van der Waals surface area contributed by atoms with Crippen molar-refractivity contribution in [1.82, 2.24) is 20.3 Å². The molecule has 3 rings (SSSR count). The minimum Gasteiger partial charge on any atom is -0.493 e. The Morgan fingerprint density at radius 1 is 1.20 bits per heavy atom. The second-order valence-electron chi connectivity index (χ2n) is 5.15. The summed E-state index contributed by atoms with van der Waals surface area (Å²) in [6.45, 7) is 0.910. The highest BCUT2D eigenvalue weighted by molar-refractivity contribution is 9.10. The lowest BCUT2D eigenvalue weighted by atomic mass is 10.2. The van der Waals surface area contributed by atoms with E-state index in [9.17, 15) is 0 Å². The predicted molar refractivity (Wildman–Crippen MR) is 96.8 cm³/mol. The molecule has 2 aromatic carbocycles. The SMILES string of the molecule is COc1cc(CNn2nnnc2N)c(Br)cc1OCc1ccccc1. The smallest absolute Gasteiger partial charge is 0.260 e. The van der Waals surface area contributed by atoms with Crippen LogP contribution in [0.3, 0.4) is 0 Å². The van der Waals surface area contributed by atoms with Gasteiger partial charge in [-0.2, -0.15) is 0 Å². The van der Waals surface area contributed by atoms with Crippen LogP contribution >= 0.6 is 15.9 Å². The van der Waals surface area contributed by atoms with Crippen LogP contribution in [0.5, 0.6) is 11.5 Å². The van der Waals surface area contributed by atoms with Crippen LogP contribution in [0, 0.1) is 0 Å². The van der Waals surface area contributed by atoms with Crippen LogP contribution in [0.15, 0.2) is 46.9 Å². The fraction of sp³-hybridized carbons (Fsp3) is 0.188. The number of halogens is 1. The molecule has 0 saturated heterocycles. The summed E-state index contributed by atoms with van der Waals surface area (Å²) in [6, 6.07) is 13.7. The number of anilines is 1. The first-order valence-corrected chi connectivity index (χ1v) is 8.27. The van der Waals surface area contributed by atoms with Crippen LogP contribution in [0.25, 0.3) is 0 Å². The van der Waals surface area contributed by atoms with E-state index < -0.39 is 0 Å². The van der Waals surface area contributed by atoms with Gasteiger partial charge in [0.2, 0.25) is 0 Å². The molecule has 9 heteroatoms. The Kier molecular flexibility index (Phi) is 5.34. The number of nitrogens with one attached hydrogen (secondary N) is 1. The van der Waals surface area contributed by atoms with Gasteiger partial charge in [0.05, 0.1) is 13.7 Å². The van der Waals surface area contributed by atoms with Crippen LogP contribution in [0.4, 0.5) is 5.95 Å². The number of nitrogens with zero attached hydrogens (tertiary/aromatic N) is 4. The van der Waals surface area contributed by atoms with Gasteiger partial charge in [-0.15, -0.1) is 4.79 Å². The van der Waals surface area contributed by atoms with E-state index in [0.29, 0.717) is 24.7 Å². The standard InChI is InChI=1S/C16H17BrN6O2/c1-24-14-7-12(9-19-23-16(18)20-21-22-23)13(17)8-15(14)25-10-11-5-3-2-4-6-11/h2-8,19H,9-10H2,1H3,(H2,18,20,22). The van der Waals surface area contributed by atoms with Crippen LogP contribution < -0.4 is 20.6 Å². The minimum absolute atomic E-state index is 0.186. The fourth-order valence-corrected chi connectivity index (χ4v) is 2.65. The molecule has 0 radical (unpaired) electrons. The number of rotatable bonds is 7. The summed E-state index contributed by atoms with van der Waals surface area (Å²) in [5.41, 5.74) is 10.7. The average Bonchev–Trinajstić information content (AvgIpc) is 3.05. The number of aromatic nitrogens is 4. The van der Waals surface area contributed by atoms with E-state index in [1.54, 1.807) is 7.11 Å². The highest BCUT2D eigenvalue weighted by Crippen LogP contribution is 2.34. The molecule has 3 N–H and O–H groups in total. The van der Waals surface area contributed by atoms with Gasteiger partial charge in [-0.25, -0.2) is 0 Å². The molecule has 8 nitrogen and oxygen atoms in total. The zero-order valence-electron chi connectivity index (χ0n) is 13.5. The Labute approximate surface area is 153 Å². The first kappa shape index (κ1) is 17.0. The van der Waals surface area contributed by atoms with Gasteiger partial charge in [-0.1, -0.05) is 51.4 Å².